The monoisotopic (exact) mass is 239 g/mol. The first-order chi connectivity index (χ1) is 7.36. The molecule has 1 aromatic rings. The molecule has 0 radical (unpaired) electrons. The van der Waals surface area contributed by atoms with Crippen LogP contribution in [0.25, 0.3) is 0 Å². The van der Waals surface area contributed by atoms with Crippen molar-refractivity contribution in [3.63, 3.8) is 0 Å². The first kappa shape index (κ1) is 12.8. The Hall–Kier alpha value is -1.31. The van der Waals surface area contributed by atoms with Gasteiger partial charge in [-0.3, -0.25) is 0 Å². The largest absolute Gasteiger partial charge is 0.394 e. The summed E-state index contributed by atoms with van der Waals surface area (Å²) >= 11 is 0. The lowest BCUT2D eigenvalue weighted by atomic mass is 10.2. The highest BCUT2D eigenvalue weighted by molar-refractivity contribution is 5.85. The molecule has 0 aromatic carbocycles. The van der Waals surface area contributed by atoms with Gasteiger partial charge in [0.15, 0.2) is 0 Å². The van der Waals surface area contributed by atoms with E-state index in [0.29, 0.717) is 11.4 Å². The minimum atomic E-state index is 0. The average Bonchev–Trinajstić information content (AvgIpc) is 2.76. The van der Waals surface area contributed by atoms with Crippen LogP contribution >= 0.6 is 12.4 Å². The molecule has 2 rings (SSSR count). The molecule has 2 heterocycles. The number of halogens is 1. The molecule has 1 unspecified atom stereocenters. The van der Waals surface area contributed by atoms with Crippen LogP contribution in [-0.2, 0) is 0 Å². The fraction of sp³-hybridized carbons (Fsp3) is 0.455. The number of rotatable bonds is 2. The molecule has 16 heavy (non-hydrogen) atoms. The van der Waals surface area contributed by atoms with Crippen LogP contribution in [0.1, 0.15) is 18.4 Å². The quantitative estimate of drug-likeness (QED) is 0.846. The van der Waals surface area contributed by atoms with Crippen molar-refractivity contribution in [2.45, 2.75) is 18.9 Å². The number of aliphatic hydroxyl groups excluding tert-OH is 1. The Morgan fingerprint density at radius 2 is 2.44 bits per heavy atom. The van der Waals surface area contributed by atoms with Crippen LogP contribution in [0.5, 0.6) is 0 Å². The molecule has 1 aliphatic heterocycles. The van der Waals surface area contributed by atoms with Crippen molar-refractivity contribution in [3.05, 3.63) is 23.9 Å². The zero-order valence-electron chi connectivity index (χ0n) is 8.83. The molecule has 1 aliphatic rings. The summed E-state index contributed by atoms with van der Waals surface area (Å²) in [6.07, 6.45) is 3.70. The lowest BCUT2D eigenvalue weighted by Gasteiger charge is -2.24. The zero-order chi connectivity index (χ0) is 10.7. The summed E-state index contributed by atoms with van der Waals surface area (Å²) in [7, 11) is 0. The lowest BCUT2D eigenvalue weighted by Crippen LogP contribution is -2.33. The summed E-state index contributed by atoms with van der Waals surface area (Å²) in [5, 5.41) is 18.2. The van der Waals surface area contributed by atoms with E-state index >= 15 is 0 Å². The molecule has 0 amide bonds. The van der Waals surface area contributed by atoms with E-state index in [2.05, 4.69) is 11.1 Å². The summed E-state index contributed by atoms with van der Waals surface area (Å²) in [4.78, 5) is 6.25. The Morgan fingerprint density at radius 1 is 1.62 bits per heavy atom. The van der Waals surface area contributed by atoms with E-state index in [1.165, 1.54) is 0 Å². The maximum atomic E-state index is 9.21. The normalized spacial score (nSPS) is 19.0. The highest BCUT2D eigenvalue weighted by Crippen LogP contribution is 2.25. The van der Waals surface area contributed by atoms with Crippen LogP contribution < -0.4 is 4.90 Å². The van der Waals surface area contributed by atoms with Gasteiger partial charge in [-0.05, 0) is 25.0 Å². The summed E-state index contributed by atoms with van der Waals surface area (Å²) in [5.41, 5.74) is 0.581. The number of aliphatic hydroxyl groups is 1. The molecular formula is C11H14ClN3O. The zero-order valence-corrected chi connectivity index (χ0v) is 9.65. The van der Waals surface area contributed by atoms with E-state index in [0.717, 1.165) is 19.4 Å². The Kier molecular flexibility index (Phi) is 4.53. The summed E-state index contributed by atoms with van der Waals surface area (Å²) in [6.45, 7) is 0.998. The van der Waals surface area contributed by atoms with E-state index in [4.69, 9.17) is 5.26 Å². The van der Waals surface area contributed by atoms with E-state index in [-0.39, 0.29) is 25.1 Å². The van der Waals surface area contributed by atoms with Gasteiger partial charge in [0.2, 0.25) is 0 Å². The minimum absolute atomic E-state index is 0. The van der Waals surface area contributed by atoms with Crippen molar-refractivity contribution < 1.29 is 5.11 Å². The molecule has 86 valence electrons. The van der Waals surface area contributed by atoms with Gasteiger partial charge in [-0.25, -0.2) is 4.98 Å². The second-order valence-electron chi connectivity index (χ2n) is 3.66. The van der Waals surface area contributed by atoms with Gasteiger partial charge < -0.3 is 10.0 Å². The van der Waals surface area contributed by atoms with Gasteiger partial charge in [0, 0.05) is 12.7 Å². The van der Waals surface area contributed by atoms with Crippen LogP contribution in [0.4, 0.5) is 5.82 Å². The second kappa shape index (κ2) is 5.69. The van der Waals surface area contributed by atoms with Crippen LogP contribution in [0, 0.1) is 11.3 Å². The Balaban J connectivity index is 0.00000128. The minimum Gasteiger partial charge on any atom is -0.394 e. The van der Waals surface area contributed by atoms with Crippen molar-refractivity contribution in [3.8, 4) is 6.07 Å². The van der Waals surface area contributed by atoms with Gasteiger partial charge in [0.05, 0.1) is 18.2 Å². The lowest BCUT2D eigenvalue weighted by molar-refractivity contribution is 0.266. The van der Waals surface area contributed by atoms with Crippen molar-refractivity contribution in [1.29, 1.82) is 5.26 Å². The third-order valence-electron chi connectivity index (χ3n) is 2.77. The topological polar surface area (TPSA) is 60.2 Å². The first-order valence-corrected chi connectivity index (χ1v) is 5.09. The molecule has 0 spiro atoms. The van der Waals surface area contributed by atoms with Gasteiger partial charge >= 0.3 is 0 Å². The van der Waals surface area contributed by atoms with Gasteiger partial charge in [0.25, 0.3) is 0 Å². The molecule has 1 aromatic heterocycles. The molecular weight excluding hydrogens is 226 g/mol. The Morgan fingerprint density at radius 3 is 3.12 bits per heavy atom. The van der Waals surface area contributed by atoms with Gasteiger partial charge in [0.1, 0.15) is 11.9 Å². The molecule has 5 heteroatoms. The number of anilines is 1. The number of hydrogen-bond acceptors (Lipinski definition) is 4. The highest BCUT2D eigenvalue weighted by Gasteiger charge is 2.26. The van der Waals surface area contributed by atoms with E-state index in [9.17, 15) is 5.11 Å². The van der Waals surface area contributed by atoms with Gasteiger partial charge in [-0.15, -0.1) is 12.4 Å². The maximum absolute atomic E-state index is 9.21. The van der Waals surface area contributed by atoms with Crippen molar-refractivity contribution >= 4 is 18.2 Å². The molecule has 1 atom stereocenters. The second-order valence-corrected chi connectivity index (χ2v) is 3.66. The predicted octanol–water partition coefficient (Wildman–Crippen LogP) is 1.34. The average molecular weight is 240 g/mol. The van der Waals surface area contributed by atoms with Crippen molar-refractivity contribution in [1.82, 2.24) is 4.98 Å². The summed E-state index contributed by atoms with van der Waals surface area (Å²) < 4.78 is 0. The third kappa shape index (κ3) is 2.26. The number of nitriles is 1. The van der Waals surface area contributed by atoms with Crippen LogP contribution in [-0.4, -0.2) is 29.3 Å². The fourth-order valence-corrected chi connectivity index (χ4v) is 2.02. The third-order valence-corrected chi connectivity index (χ3v) is 2.77. The molecule has 0 aliphatic carbocycles. The maximum Gasteiger partial charge on any atom is 0.146 e. The van der Waals surface area contributed by atoms with Crippen molar-refractivity contribution in [2.24, 2.45) is 0 Å². The van der Waals surface area contributed by atoms with Crippen LogP contribution in [0.2, 0.25) is 0 Å². The van der Waals surface area contributed by atoms with Gasteiger partial charge in [-0.2, -0.15) is 5.26 Å². The van der Waals surface area contributed by atoms with E-state index < -0.39 is 0 Å². The molecule has 1 N–H and O–H groups in total. The van der Waals surface area contributed by atoms with Crippen molar-refractivity contribution in [2.75, 3.05) is 18.1 Å². The fourth-order valence-electron chi connectivity index (χ4n) is 2.02. The predicted molar refractivity (Wildman–Crippen MR) is 63.7 cm³/mol. The smallest absolute Gasteiger partial charge is 0.146 e. The van der Waals surface area contributed by atoms with E-state index in [1.807, 2.05) is 4.90 Å². The molecule has 0 bridgehead atoms. The van der Waals surface area contributed by atoms with Crippen LogP contribution in [0.3, 0.4) is 0 Å². The molecule has 1 saturated heterocycles. The number of nitrogens with zero attached hydrogens (tertiary/aromatic N) is 3. The SMILES string of the molecule is Cl.N#Cc1cccnc1N1CCCC1CO. The standard InChI is InChI=1S/C11H13N3O.ClH/c12-7-9-3-1-5-13-11(9)14-6-2-4-10(14)8-15;/h1,3,5,10,15H,2,4,6,8H2;1H. The number of hydrogen-bond donors (Lipinski definition) is 1. The highest BCUT2D eigenvalue weighted by atomic mass is 35.5. The van der Waals surface area contributed by atoms with E-state index in [1.54, 1.807) is 18.3 Å². The molecule has 0 saturated carbocycles. The summed E-state index contributed by atoms with van der Waals surface area (Å²) in [5.74, 6) is 0.705. The summed E-state index contributed by atoms with van der Waals surface area (Å²) in [6, 6.07) is 5.76. The number of aromatic nitrogens is 1. The van der Waals surface area contributed by atoms with Crippen LogP contribution in [0.15, 0.2) is 18.3 Å². The van der Waals surface area contributed by atoms with Gasteiger partial charge in [-0.1, -0.05) is 0 Å². The Bertz CT molecular complexity index is 391. The first-order valence-electron chi connectivity index (χ1n) is 5.09. The Labute approximate surface area is 101 Å². The number of pyridine rings is 1. The molecule has 1 fully saturated rings. The molecule has 4 nitrogen and oxygen atoms in total.